The third-order valence-electron chi connectivity index (χ3n) is 2.73. The van der Waals surface area contributed by atoms with Crippen molar-refractivity contribution in [3.05, 3.63) is 22.7 Å². The van der Waals surface area contributed by atoms with Crippen LogP contribution in [0.2, 0.25) is 0 Å². The van der Waals surface area contributed by atoms with Crippen molar-refractivity contribution in [2.24, 2.45) is 0 Å². The Morgan fingerprint density at radius 3 is 2.71 bits per heavy atom. The van der Waals surface area contributed by atoms with Gasteiger partial charge in [0.2, 0.25) is 5.91 Å². The molecule has 0 saturated carbocycles. The average molecular weight is 359 g/mol. The summed E-state index contributed by atoms with van der Waals surface area (Å²) in [6.07, 6.45) is -0.135. The third-order valence-corrected chi connectivity index (χ3v) is 3.35. The van der Waals surface area contributed by atoms with Crippen LogP contribution in [0.1, 0.15) is 27.2 Å². The zero-order valence-electron chi connectivity index (χ0n) is 12.6. The summed E-state index contributed by atoms with van der Waals surface area (Å²) >= 11 is 3.40. The van der Waals surface area contributed by atoms with Gasteiger partial charge in [-0.2, -0.15) is 0 Å². The molecule has 0 heterocycles. The Morgan fingerprint density at radius 1 is 1.43 bits per heavy atom. The number of benzene rings is 1. The van der Waals surface area contributed by atoms with Crippen LogP contribution in [0.15, 0.2) is 22.7 Å². The van der Waals surface area contributed by atoms with E-state index in [1.165, 1.54) is 0 Å². The van der Waals surface area contributed by atoms with Crippen molar-refractivity contribution in [2.75, 3.05) is 18.5 Å². The maximum absolute atomic E-state index is 11.3. The molecule has 1 aromatic carbocycles. The summed E-state index contributed by atoms with van der Waals surface area (Å²) in [6, 6.07) is 5.64. The highest BCUT2D eigenvalue weighted by Crippen LogP contribution is 2.28. The first-order valence-corrected chi connectivity index (χ1v) is 7.85. The monoisotopic (exact) mass is 358 g/mol. The fourth-order valence-corrected chi connectivity index (χ4v) is 2.05. The van der Waals surface area contributed by atoms with E-state index >= 15 is 0 Å². The van der Waals surface area contributed by atoms with Crippen LogP contribution in [0.4, 0.5) is 5.69 Å². The molecule has 0 spiro atoms. The van der Waals surface area contributed by atoms with Crippen LogP contribution < -0.4 is 15.4 Å². The zero-order chi connectivity index (χ0) is 15.8. The lowest BCUT2D eigenvalue weighted by molar-refractivity contribution is -0.115. The van der Waals surface area contributed by atoms with Gasteiger partial charge < -0.3 is 20.5 Å². The standard InChI is InChI=1S/C15H23BrN2O3/c1-4-15(20)18-11-5-6-14(13(16)7-11)21-9-12(19)8-17-10(2)3/h5-7,10,12,17,19H,4,8-9H2,1-3H3,(H,18,20). The minimum absolute atomic E-state index is 0.0363. The van der Waals surface area contributed by atoms with Crippen molar-refractivity contribution in [2.45, 2.75) is 39.3 Å². The maximum atomic E-state index is 11.3. The fourth-order valence-electron chi connectivity index (χ4n) is 1.56. The van der Waals surface area contributed by atoms with Gasteiger partial charge in [-0.3, -0.25) is 4.79 Å². The lowest BCUT2D eigenvalue weighted by Crippen LogP contribution is -2.35. The number of amides is 1. The molecule has 0 bridgehead atoms. The molecule has 1 atom stereocenters. The van der Waals surface area contributed by atoms with Crippen molar-refractivity contribution in [3.8, 4) is 5.75 Å². The minimum atomic E-state index is -0.571. The van der Waals surface area contributed by atoms with Crippen molar-refractivity contribution in [3.63, 3.8) is 0 Å². The first-order valence-electron chi connectivity index (χ1n) is 7.06. The van der Waals surface area contributed by atoms with Crippen LogP contribution in [0, 0.1) is 0 Å². The van der Waals surface area contributed by atoms with E-state index in [-0.39, 0.29) is 12.5 Å². The van der Waals surface area contributed by atoms with Gasteiger partial charge in [0.25, 0.3) is 0 Å². The summed E-state index contributed by atoms with van der Waals surface area (Å²) in [6.45, 7) is 6.54. The maximum Gasteiger partial charge on any atom is 0.224 e. The summed E-state index contributed by atoms with van der Waals surface area (Å²) in [4.78, 5) is 11.3. The second-order valence-corrected chi connectivity index (χ2v) is 5.93. The zero-order valence-corrected chi connectivity index (χ0v) is 14.2. The quantitative estimate of drug-likeness (QED) is 0.667. The van der Waals surface area contributed by atoms with E-state index in [4.69, 9.17) is 4.74 Å². The smallest absolute Gasteiger partial charge is 0.224 e. The number of aliphatic hydroxyl groups is 1. The SMILES string of the molecule is CCC(=O)Nc1ccc(OCC(O)CNC(C)C)c(Br)c1. The number of carbonyl (C=O) groups is 1. The van der Waals surface area contributed by atoms with Crippen molar-refractivity contribution in [1.29, 1.82) is 0 Å². The number of hydrogen-bond donors (Lipinski definition) is 3. The molecule has 1 amide bonds. The number of hydrogen-bond acceptors (Lipinski definition) is 4. The normalized spacial score (nSPS) is 12.3. The van der Waals surface area contributed by atoms with E-state index in [1.807, 2.05) is 13.8 Å². The molecule has 118 valence electrons. The molecule has 0 radical (unpaired) electrons. The third kappa shape index (κ3) is 6.93. The fraction of sp³-hybridized carbons (Fsp3) is 0.533. The molecule has 6 heteroatoms. The second kappa shape index (κ2) is 9.02. The number of nitrogens with one attached hydrogen (secondary N) is 2. The Bertz CT molecular complexity index is 466. The van der Waals surface area contributed by atoms with Crippen LogP contribution in [0.25, 0.3) is 0 Å². The number of carbonyl (C=O) groups excluding carboxylic acids is 1. The Labute approximate surface area is 134 Å². The summed E-state index contributed by atoms with van der Waals surface area (Å²) < 4.78 is 6.30. The van der Waals surface area contributed by atoms with Crippen molar-refractivity contribution >= 4 is 27.5 Å². The lowest BCUT2D eigenvalue weighted by atomic mass is 10.3. The van der Waals surface area contributed by atoms with Gasteiger partial charge in [-0.1, -0.05) is 20.8 Å². The largest absolute Gasteiger partial charge is 0.490 e. The van der Waals surface area contributed by atoms with E-state index in [1.54, 1.807) is 25.1 Å². The van der Waals surface area contributed by atoms with Gasteiger partial charge in [0.05, 0.1) is 4.47 Å². The van der Waals surface area contributed by atoms with E-state index in [9.17, 15) is 9.90 Å². The molecule has 1 unspecified atom stereocenters. The van der Waals surface area contributed by atoms with Crippen molar-refractivity contribution < 1.29 is 14.6 Å². The van der Waals surface area contributed by atoms with Crippen LogP contribution in [-0.4, -0.2) is 36.3 Å². The predicted octanol–water partition coefficient (Wildman–Crippen LogP) is 2.54. The van der Waals surface area contributed by atoms with E-state index in [0.717, 1.165) is 4.47 Å². The highest BCUT2D eigenvalue weighted by molar-refractivity contribution is 9.10. The Balaban J connectivity index is 2.50. The van der Waals surface area contributed by atoms with Gasteiger partial charge in [0.15, 0.2) is 0 Å². The molecule has 21 heavy (non-hydrogen) atoms. The molecule has 0 aliphatic rings. The Hall–Kier alpha value is -1.11. The van der Waals surface area contributed by atoms with Gasteiger partial charge in [-0.25, -0.2) is 0 Å². The Kier molecular flexibility index (Phi) is 7.71. The summed E-state index contributed by atoms with van der Waals surface area (Å²) in [7, 11) is 0. The minimum Gasteiger partial charge on any atom is -0.490 e. The molecule has 5 nitrogen and oxygen atoms in total. The van der Waals surface area contributed by atoms with Crippen LogP contribution in [-0.2, 0) is 4.79 Å². The number of halogens is 1. The number of aliphatic hydroxyl groups excluding tert-OH is 1. The second-order valence-electron chi connectivity index (χ2n) is 5.07. The lowest BCUT2D eigenvalue weighted by Gasteiger charge is -2.16. The summed E-state index contributed by atoms with van der Waals surface area (Å²) in [5, 5.41) is 15.7. The van der Waals surface area contributed by atoms with Crippen LogP contribution in [0.5, 0.6) is 5.75 Å². The Morgan fingerprint density at radius 2 is 2.14 bits per heavy atom. The molecular formula is C15H23BrN2O3. The highest BCUT2D eigenvalue weighted by Gasteiger charge is 2.09. The number of ether oxygens (including phenoxy) is 1. The molecule has 0 aliphatic heterocycles. The highest BCUT2D eigenvalue weighted by atomic mass is 79.9. The summed E-state index contributed by atoms with van der Waals surface area (Å²) in [5.41, 5.74) is 0.711. The number of anilines is 1. The molecule has 0 fully saturated rings. The van der Waals surface area contributed by atoms with Crippen LogP contribution >= 0.6 is 15.9 Å². The molecule has 1 rings (SSSR count). The first-order chi connectivity index (χ1) is 9.92. The molecule has 0 aromatic heterocycles. The molecular weight excluding hydrogens is 336 g/mol. The molecule has 3 N–H and O–H groups in total. The topological polar surface area (TPSA) is 70.6 Å². The summed E-state index contributed by atoms with van der Waals surface area (Å²) in [5.74, 6) is 0.596. The molecule has 1 aromatic rings. The van der Waals surface area contributed by atoms with E-state index in [2.05, 4.69) is 26.6 Å². The average Bonchev–Trinajstić information content (AvgIpc) is 2.44. The van der Waals surface area contributed by atoms with Gasteiger partial charge >= 0.3 is 0 Å². The predicted molar refractivity (Wildman–Crippen MR) is 87.7 cm³/mol. The van der Waals surface area contributed by atoms with Gasteiger partial charge in [-0.15, -0.1) is 0 Å². The van der Waals surface area contributed by atoms with Gasteiger partial charge in [-0.05, 0) is 34.1 Å². The van der Waals surface area contributed by atoms with Gasteiger partial charge in [0.1, 0.15) is 18.5 Å². The van der Waals surface area contributed by atoms with E-state index < -0.39 is 6.10 Å². The van der Waals surface area contributed by atoms with Gasteiger partial charge in [0, 0.05) is 24.7 Å². The van der Waals surface area contributed by atoms with Crippen molar-refractivity contribution in [1.82, 2.24) is 5.32 Å². The number of rotatable bonds is 8. The molecule has 0 aliphatic carbocycles. The van der Waals surface area contributed by atoms with Crippen LogP contribution in [0.3, 0.4) is 0 Å². The van der Waals surface area contributed by atoms with E-state index in [0.29, 0.717) is 30.4 Å². The molecule has 0 saturated heterocycles. The first kappa shape index (κ1) is 17.9.